The van der Waals surface area contributed by atoms with E-state index in [-0.39, 0.29) is 17.4 Å². The molecule has 5 N–H and O–H groups in total. The van der Waals surface area contributed by atoms with Gasteiger partial charge >= 0.3 is 0 Å². The number of carbonyl (C=O) groups excluding carboxylic acids is 1. The normalized spacial score (nSPS) is 10.4. The molecule has 0 aliphatic carbocycles. The van der Waals surface area contributed by atoms with E-state index in [0.717, 1.165) is 10.8 Å². The lowest BCUT2D eigenvalue weighted by molar-refractivity contribution is 0.0964. The van der Waals surface area contributed by atoms with Crippen molar-refractivity contribution in [2.45, 2.75) is 0 Å². The van der Waals surface area contributed by atoms with E-state index in [1.54, 1.807) is 38.5 Å². The third kappa shape index (κ3) is 4.17. The molecule has 0 bridgehead atoms. The van der Waals surface area contributed by atoms with Crippen LogP contribution in [0.3, 0.4) is 0 Å². The van der Waals surface area contributed by atoms with Gasteiger partial charge in [0.15, 0.2) is 11.6 Å². The first-order valence-electron chi connectivity index (χ1n) is 9.74. The van der Waals surface area contributed by atoms with E-state index in [1.807, 2.05) is 36.4 Å². The van der Waals surface area contributed by atoms with E-state index in [2.05, 4.69) is 26.1 Å². The van der Waals surface area contributed by atoms with E-state index in [9.17, 15) is 4.79 Å². The van der Waals surface area contributed by atoms with Gasteiger partial charge in [0.1, 0.15) is 23.5 Å². The lowest BCUT2D eigenvalue weighted by atomic mass is 10.0. The number of nitrogen functional groups attached to an aromatic ring is 1. The number of rotatable bonds is 7. The molecule has 0 aliphatic rings. The summed E-state index contributed by atoms with van der Waals surface area (Å²) in [7, 11) is 3.13. The van der Waals surface area contributed by atoms with Crippen LogP contribution in [0.4, 0.5) is 23.0 Å². The standard InChI is InChI=1S/C23H22N6O3/c1-31-15-10-11-18(19(12-15)32-2)27-21-20(24)22(26-13-25-21)28-29-23(30)17-9-5-7-14-6-3-4-8-16(14)17/h3-13H,24H2,1-2H3,(H,29,30)(H2,25,26,27,28). The van der Waals surface area contributed by atoms with Gasteiger partial charge < -0.3 is 20.5 Å². The fourth-order valence-electron chi connectivity index (χ4n) is 3.23. The van der Waals surface area contributed by atoms with Gasteiger partial charge in [0.05, 0.1) is 19.9 Å². The molecule has 9 nitrogen and oxygen atoms in total. The Morgan fingerprint density at radius 1 is 0.938 bits per heavy atom. The Morgan fingerprint density at radius 2 is 1.72 bits per heavy atom. The molecule has 162 valence electrons. The number of nitrogens with one attached hydrogen (secondary N) is 3. The van der Waals surface area contributed by atoms with E-state index in [0.29, 0.717) is 28.6 Å². The van der Waals surface area contributed by atoms with E-state index in [1.165, 1.54) is 6.33 Å². The molecular weight excluding hydrogens is 408 g/mol. The maximum atomic E-state index is 12.8. The van der Waals surface area contributed by atoms with Crippen LogP contribution < -0.4 is 31.4 Å². The molecule has 3 aromatic carbocycles. The average molecular weight is 430 g/mol. The third-order valence-electron chi connectivity index (χ3n) is 4.87. The zero-order valence-electron chi connectivity index (χ0n) is 17.5. The Labute approximate surface area is 184 Å². The van der Waals surface area contributed by atoms with Gasteiger partial charge in [0, 0.05) is 11.6 Å². The SMILES string of the molecule is COc1ccc(Nc2ncnc(NNC(=O)c3cccc4ccccc34)c2N)c(OC)c1. The highest BCUT2D eigenvalue weighted by Crippen LogP contribution is 2.33. The van der Waals surface area contributed by atoms with Gasteiger partial charge in [-0.2, -0.15) is 0 Å². The lowest BCUT2D eigenvalue weighted by Crippen LogP contribution is -2.30. The number of nitrogens with two attached hydrogens (primary N) is 1. The molecule has 32 heavy (non-hydrogen) atoms. The van der Waals surface area contributed by atoms with Gasteiger partial charge in [-0.25, -0.2) is 9.97 Å². The Morgan fingerprint density at radius 3 is 2.53 bits per heavy atom. The molecule has 9 heteroatoms. The smallest absolute Gasteiger partial charge is 0.270 e. The molecule has 0 saturated heterocycles. The van der Waals surface area contributed by atoms with Crippen LogP contribution in [0.2, 0.25) is 0 Å². The minimum atomic E-state index is -0.314. The van der Waals surface area contributed by atoms with Crippen LogP contribution in [0, 0.1) is 0 Å². The summed E-state index contributed by atoms with van der Waals surface area (Å²) in [5, 5.41) is 4.94. The van der Waals surface area contributed by atoms with Crippen molar-refractivity contribution < 1.29 is 14.3 Å². The summed E-state index contributed by atoms with van der Waals surface area (Å²) in [6.45, 7) is 0. The highest BCUT2D eigenvalue weighted by molar-refractivity contribution is 6.07. The Balaban J connectivity index is 1.52. The molecule has 1 aromatic heterocycles. The van der Waals surface area contributed by atoms with Crippen LogP contribution in [0.25, 0.3) is 10.8 Å². The molecule has 4 rings (SSSR count). The molecule has 0 saturated carbocycles. The second-order valence-corrected chi connectivity index (χ2v) is 6.78. The zero-order chi connectivity index (χ0) is 22.5. The van der Waals surface area contributed by atoms with Gasteiger partial charge in [-0.15, -0.1) is 0 Å². The summed E-state index contributed by atoms with van der Waals surface area (Å²) in [6.07, 6.45) is 1.33. The van der Waals surface area contributed by atoms with Gasteiger partial charge in [-0.1, -0.05) is 36.4 Å². The fourth-order valence-corrected chi connectivity index (χ4v) is 3.23. The first-order chi connectivity index (χ1) is 15.6. The first-order valence-corrected chi connectivity index (χ1v) is 9.74. The number of anilines is 4. The summed E-state index contributed by atoms with van der Waals surface area (Å²) in [5.74, 6) is 1.50. The van der Waals surface area contributed by atoms with Crippen LogP contribution in [0.15, 0.2) is 67.0 Å². The van der Waals surface area contributed by atoms with Gasteiger partial charge in [-0.3, -0.25) is 15.6 Å². The van der Waals surface area contributed by atoms with Crippen molar-refractivity contribution in [2.24, 2.45) is 0 Å². The summed E-state index contributed by atoms with van der Waals surface area (Å²) in [6, 6.07) is 18.5. The second-order valence-electron chi connectivity index (χ2n) is 6.78. The molecule has 1 amide bonds. The van der Waals surface area contributed by atoms with Crippen LogP contribution in [-0.4, -0.2) is 30.1 Å². The minimum absolute atomic E-state index is 0.226. The number of fused-ring (bicyclic) bond motifs is 1. The van der Waals surface area contributed by atoms with Crippen molar-refractivity contribution in [1.29, 1.82) is 0 Å². The van der Waals surface area contributed by atoms with Crippen LogP contribution in [-0.2, 0) is 0 Å². The number of amides is 1. The van der Waals surface area contributed by atoms with Crippen molar-refractivity contribution in [3.63, 3.8) is 0 Å². The maximum absolute atomic E-state index is 12.8. The Bertz CT molecular complexity index is 1270. The number of hydrazine groups is 1. The Hall–Kier alpha value is -4.53. The predicted octanol–water partition coefficient (Wildman–Crippen LogP) is 3.73. The fraction of sp³-hybridized carbons (Fsp3) is 0.0870. The molecule has 0 atom stereocenters. The van der Waals surface area contributed by atoms with E-state index in [4.69, 9.17) is 15.2 Å². The molecule has 0 fully saturated rings. The van der Waals surface area contributed by atoms with E-state index < -0.39 is 0 Å². The van der Waals surface area contributed by atoms with Gasteiger partial charge in [-0.05, 0) is 29.0 Å². The van der Waals surface area contributed by atoms with Crippen LogP contribution in [0.1, 0.15) is 10.4 Å². The largest absolute Gasteiger partial charge is 0.497 e. The van der Waals surface area contributed by atoms with Crippen LogP contribution in [0.5, 0.6) is 11.5 Å². The predicted molar refractivity (Wildman–Crippen MR) is 124 cm³/mol. The number of hydrogen-bond donors (Lipinski definition) is 4. The van der Waals surface area contributed by atoms with Gasteiger partial charge in [0.2, 0.25) is 0 Å². The summed E-state index contributed by atoms with van der Waals surface area (Å²) in [4.78, 5) is 21.1. The molecule has 0 radical (unpaired) electrons. The monoisotopic (exact) mass is 430 g/mol. The molecule has 0 spiro atoms. The number of benzene rings is 3. The van der Waals surface area contributed by atoms with Crippen molar-refractivity contribution >= 4 is 39.7 Å². The highest BCUT2D eigenvalue weighted by atomic mass is 16.5. The second kappa shape index (κ2) is 9.09. The topological polar surface area (TPSA) is 123 Å². The van der Waals surface area contributed by atoms with Crippen molar-refractivity contribution in [3.8, 4) is 11.5 Å². The average Bonchev–Trinajstić information content (AvgIpc) is 2.84. The number of ether oxygens (including phenoxy) is 2. The molecular formula is C23H22N6O3. The van der Waals surface area contributed by atoms with Gasteiger partial charge in [0.25, 0.3) is 5.91 Å². The number of methoxy groups -OCH3 is 2. The summed E-state index contributed by atoms with van der Waals surface area (Å²) < 4.78 is 10.6. The van der Waals surface area contributed by atoms with Crippen molar-refractivity contribution in [1.82, 2.24) is 15.4 Å². The number of aromatic nitrogens is 2. The number of carbonyl (C=O) groups is 1. The zero-order valence-corrected chi connectivity index (χ0v) is 17.5. The summed E-state index contributed by atoms with van der Waals surface area (Å²) in [5.41, 5.74) is 13.1. The lowest BCUT2D eigenvalue weighted by Gasteiger charge is -2.15. The number of hydrogen-bond acceptors (Lipinski definition) is 8. The minimum Gasteiger partial charge on any atom is -0.497 e. The molecule has 4 aromatic rings. The summed E-state index contributed by atoms with van der Waals surface area (Å²) >= 11 is 0. The van der Waals surface area contributed by atoms with Crippen LogP contribution >= 0.6 is 0 Å². The number of nitrogens with zero attached hydrogens (tertiary/aromatic N) is 2. The van der Waals surface area contributed by atoms with E-state index >= 15 is 0 Å². The molecule has 0 unspecified atom stereocenters. The molecule has 0 aliphatic heterocycles. The quantitative estimate of drug-likeness (QED) is 0.327. The highest BCUT2D eigenvalue weighted by Gasteiger charge is 2.14. The third-order valence-corrected chi connectivity index (χ3v) is 4.87. The molecule has 1 heterocycles. The van der Waals surface area contributed by atoms with Crippen molar-refractivity contribution in [2.75, 3.05) is 30.7 Å². The maximum Gasteiger partial charge on any atom is 0.270 e. The first kappa shape index (κ1) is 20.7. The Kier molecular flexibility index (Phi) is 5.89. The van der Waals surface area contributed by atoms with Crippen molar-refractivity contribution in [3.05, 3.63) is 72.6 Å².